The van der Waals surface area contributed by atoms with Gasteiger partial charge in [-0.15, -0.1) is 0 Å². The van der Waals surface area contributed by atoms with Crippen LogP contribution in [-0.2, 0) is 6.54 Å². The minimum absolute atomic E-state index is 0.0489. The number of aromatic nitrogens is 2. The van der Waals surface area contributed by atoms with E-state index in [4.69, 9.17) is 9.26 Å². The number of hydrogen-bond donors (Lipinski definition) is 0. The normalized spacial score (nSPS) is 20.1. The lowest BCUT2D eigenvalue weighted by Crippen LogP contribution is -2.41. The fourth-order valence-corrected chi connectivity index (χ4v) is 5.33. The largest absolute Gasteiger partial charge is 0.490 e. The standard InChI is InChI=1S/C26H34N4O3/c1-16(2)28-10-8-21(9-11-28)32-22-6-7-24-20(12-22)13-25-26(31)29(14-17(3)30(24)25)15-23-18(4)27-33-19(23)5/h6-7,12-13,16-17,21H,8-11,14-15H2,1-5H3. The van der Waals surface area contributed by atoms with Crippen molar-refractivity contribution in [2.75, 3.05) is 19.6 Å². The molecule has 176 valence electrons. The summed E-state index contributed by atoms with van der Waals surface area (Å²) < 4.78 is 13.8. The lowest BCUT2D eigenvalue weighted by molar-refractivity contribution is 0.0664. The number of rotatable bonds is 5. The molecule has 0 aliphatic carbocycles. The predicted molar refractivity (Wildman–Crippen MR) is 128 cm³/mol. The van der Waals surface area contributed by atoms with Crippen molar-refractivity contribution in [3.05, 3.63) is 47.0 Å². The van der Waals surface area contributed by atoms with E-state index in [0.717, 1.165) is 65.3 Å². The minimum Gasteiger partial charge on any atom is -0.490 e. The Morgan fingerprint density at radius 2 is 1.94 bits per heavy atom. The van der Waals surface area contributed by atoms with Gasteiger partial charge in [-0.2, -0.15) is 0 Å². The number of nitrogens with zero attached hydrogens (tertiary/aromatic N) is 4. The van der Waals surface area contributed by atoms with Crippen LogP contribution in [0.2, 0.25) is 0 Å². The van der Waals surface area contributed by atoms with Crippen molar-refractivity contribution in [2.45, 2.75) is 72.2 Å². The monoisotopic (exact) mass is 450 g/mol. The first-order valence-corrected chi connectivity index (χ1v) is 12.1. The highest BCUT2D eigenvalue weighted by Crippen LogP contribution is 2.33. The molecule has 1 fully saturated rings. The van der Waals surface area contributed by atoms with Gasteiger partial charge in [0.2, 0.25) is 0 Å². The quantitative estimate of drug-likeness (QED) is 0.563. The van der Waals surface area contributed by atoms with Crippen LogP contribution in [0.5, 0.6) is 5.75 Å². The molecule has 7 heteroatoms. The molecule has 0 radical (unpaired) electrons. The van der Waals surface area contributed by atoms with Crippen LogP contribution in [0.4, 0.5) is 0 Å². The van der Waals surface area contributed by atoms with Gasteiger partial charge >= 0.3 is 0 Å². The van der Waals surface area contributed by atoms with E-state index in [9.17, 15) is 4.79 Å². The second-order valence-electron chi connectivity index (χ2n) is 9.90. The second-order valence-corrected chi connectivity index (χ2v) is 9.90. The second kappa shape index (κ2) is 8.52. The zero-order chi connectivity index (χ0) is 23.3. The Morgan fingerprint density at radius 3 is 2.61 bits per heavy atom. The molecule has 2 aliphatic rings. The van der Waals surface area contributed by atoms with Crippen molar-refractivity contribution >= 4 is 16.8 Å². The SMILES string of the molecule is Cc1noc(C)c1CN1CC(C)n2c(cc3cc(OC4CCN(C(C)C)CC4)ccc32)C1=O. The summed E-state index contributed by atoms with van der Waals surface area (Å²) >= 11 is 0. The van der Waals surface area contributed by atoms with Crippen molar-refractivity contribution in [1.29, 1.82) is 0 Å². The summed E-state index contributed by atoms with van der Waals surface area (Å²) in [6.45, 7) is 13.8. The first-order chi connectivity index (χ1) is 15.8. The first kappa shape index (κ1) is 22.0. The molecule has 0 saturated carbocycles. The molecule has 5 rings (SSSR count). The summed E-state index contributed by atoms with van der Waals surface area (Å²) in [6, 6.07) is 9.04. The summed E-state index contributed by atoms with van der Waals surface area (Å²) in [6.07, 6.45) is 2.35. The Hall–Kier alpha value is -2.80. The molecule has 0 N–H and O–H groups in total. The van der Waals surface area contributed by atoms with Gasteiger partial charge in [0.15, 0.2) is 0 Å². The van der Waals surface area contributed by atoms with Crippen molar-refractivity contribution in [3.8, 4) is 5.75 Å². The zero-order valence-electron chi connectivity index (χ0n) is 20.3. The van der Waals surface area contributed by atoms with Gasteiger partial charge in [0.1, 0.15) is 23.3 Å². The molecule has 0 spiro atoms. The molecule has 2 aliphatic heterocycles. The van der Waals surface area contributed by atoms with Crippen molar-refractivity contribution in [3.63, 3.8) is 0 Å². The van der Waals surface area contributed by atoms with Crippen LogP contribution >= 0.6 is 0 Å². The van der Waals surface area contributed by atoms with Crippen LogP contribution in [0, 0.1) is 13.8 Å². The van der Waals surface area contributed by atoms with Crippen molar-refractivity contribution < 1.29 is 14.1 Å². The molecule has 1 amide bonds. The predicted octanol–water partition coefficient (Wildman–Crippen LogP) is 4.71. The highest BCUT2D eigenvalue weighted by Gasteiger charge is 2.32. The Balaban J connectivity index is 1.36. The number of carbonyl (C=O) groups is 1. The van der Waals surface area contributed by atoms with E-state index in [1.165, 1.54) is 0 Å². The van der Waals surface area contributed by atoms with Crippen molar-refractivity contribution in [1.82, 2.24) is 19.5 Å². The average molecular weight is 451 g/mol. The van der Waals surface area contributed by atoms with Gasteiger partial charge in [0.25, 0.3) is 5.91 Å². The molecule has 4 heterocycles. The number of likely N-dealkylation sites (tertiary alicyclic amines) is 1. The van der Waals surface area contributed by atoms with Crippen LogP contribution in [-0.4, -0.2) is 57.2 Å². The van der Waals surface area contributed by atoms with Gasteiger partial charge < -0.3 is 23.6 Å². The van der Waals surface area contributed by atoms with Crippen molar-refractivity contribution in [2.24, 2.45) is 0 Å². The molecule has 1 aromatic carbocycles. The van der Waals surface area contributed by atoms with Gasteiger partial charge in [-0.05, 0) is 71.7 Å². The third-order valence-corrected chi connectivity index (χ3v) is 7.28. The molecule has 33 heavy (non-hydrogen) atoms. The van der Waals surface area contributed by atoms with Crippen LogP contribution in [0.1, 0.15) is 67.2 Å². The topological polar surface area (TPSA) is 63.7 Å². The summed E-state index contributed by atoms with van der Waals surface area (Å²) in [5.74, 6) is 1.72. The van der Waals surface area contributed by atoms with Gasteiger partial charge in [-0.3, -0.25) is 4.79 Å². The Kier molecular flexibility index (Phi) is 5.69. The molecule has 0 bridgehead atoms. The average Bonchev–Trinajstić information content (AvgIpc) is 3.33. The molecule has 2 aromatic heterocycles. The zero-order valence-corrected chi connectivity index (χ0v) is 20.3. The van der Waals surface area contributed by atoms with E-state index in [2.05, 4.69) is 53.6 Å². The smallest absolute Gasteiger partial charge is 0.270 e. The number of fused-ring (bicyclic) bond motifs is 3. The minimum atomic E-state index is 0.0489. The summed E-state index contributed by atoms with van der Waals surface area (Å²) in [5.41, 5.74) is 3.67. The number of hydrogen-bond acceptors (Lipinski definition) is 5. The lowest BCUT2D eigenvalue weighted by Gasteiger charge is -2.34. The van der Waals surface area contributed by atoms with E-state index in [-0.39, 0.29) is 18.1 Å². The first-order valence-electron chi connectivity index (χ1n) is 12.1. The Bertz CT molecular complexity index is 1150. The van der Waals surface area contributed by atoms with E-state index < -0.39 is 0 Å². The van der Waals surface area contributed by atoms with E-state index >= 15 is 0 Å². The van der Waals surface area contributed by atoms with Gasteiger partial charge in [0.05, 0.1) is 12.2 Å². The molecule has 1 atom stereocenters. The molecule has 1 unspecified atom stereocenters. The molecule has 7 nitrogen and oxygen atoms in total. The summed E-state index contributed by atoms with van der Waals surface area (Å²) in [7, 11) is 0. The highest BCUT2D eigenvalue weighted by molar-refractivity contribution is 6.00. The fraction of sp³-hybridized carbons (Fsp3) is 0.538. The Labute approximate surface area is 195 Å². The van der Waals surface area contributed by atoms with E-state index in [1.807, 2.05) is 24.8 Å². The summed E-state index contributed by atoms with van der Waals surface area (Å²) in [5, 5.41) is 5.10. The molecular weight excluding hydrogens is 416 g/mol. The van der Waals surface area contributed by atoms with Crippen LogP contribution in [0.3, 0.4) is 0 Å². The van der Waals surface area contributed by atoms with Gasteiger partial charge in [0, 0.05) is 48.2 Å². The number of amides is 1. The van der Waals surface area contributed by atoms with Crippen LogP contribution < -0.4 is 4.74 Å². The maximum atomic E-state index is 13.4. The number of benzene rings is 1. The third-order valence-electron chi connectivity index (χ3n) is 7.28. The van der Waals surface area contributed by atoms with E-state index in [0.29, 0.717) is 19.1 Å². The Morgan fingerprint density at radius 1 is 1.18 bits per heavy atom. The van der Waals surface area contributed by atoms with Crippen LogP contribution in [0.25, 0.3) is 10.9 Å². The lowest BCUT2D eigenvalue weighted by atomic mass is 10.1. The maximum Gasteiger partial charge on any atom is 0.270 e. The number of piperidine rings is 1. The number of aryl methyl sites for hydroxylation is 2. The number of carbonyl (C=O) groups excluding carboxylic acids is 1. The van der Waals surface area contributed by atoms with Gasteiger partial charge in [-0.25, -0.2) is 0 Å². The molecule has 3 aromatic rings. The van der Waals surface area contributed by atoms with Gasteiger partial charge in [-0.1, -0.05) is 5.16 Å². The fourth-order valence-electron chi connectivity index (χ4n) is 5.33. The number of ether oxygens (including phenoxy) is 1. The molecule has 1 saturated heterocycles. The van der Waals surface area contributed by atoms with E-state index in [1.54, 1.807) is 0 Å². The highest BCUT2D eigenvalue weighted by atomic mass is 16.5. The third kappa shape index (κ3) is 4.03. The summed E-state index contributed by atoms with van der Waals surface area (Å²) in [4.78, 5) is 17.8. The molecular formula is C26H34N4O3. The maximum absolute atomic E-state index is 13.4. The van der Waals surface area contributed by atoms with Crippen LogP contribution in [0.15, 0.2) is 28.8 Å².